The van der Waals surface area contributed by atoms with Gasteiger partial charge in [0, 0.05) is 16.3 Å². The first-order valence-electron chi connectivity index (χ1n) is 8.22. The Balaban J connectivity index is 2.34. The fourth-order valence-corrected chi connectivity index (χ4v) is 2.38. The van der Waals surface area contributed by atoms with Crippen LogP contribution in [0, 0.1) is 0 Å². The largest absolute Gasteiger partial charge is 0.490 e. The van der Waals surface area contributed by atoms with Gasteiger partial charge in [0.15, 0.2) is 11.5 Å². The van der Waals surface area contributed by atoms with Crippen LogP contribution >= 0.6 is 11.6 Å². The molecule has 0 aliphatic heterocycles. The Morgan fingerprint density at radius 2 is 1.44 bits per heavy atom. The topological polar surface area (TPSA) is 56.8 Å². The number of amides is 1. The van der Waals surface area contributed by atoms with Crippen LogP contribution in [0.1, 0.15) is 31.1 Å². The van der Waals surface area contributed by atoms with E-state index in [0.717, 1.165) is 0 Å². The molecule has 0 bridgehead atoms. The van der Waals surface area contributed by atoms with Crippen molar-refractivity contribution < 1.29 is 19.0 Å². The molecule has 0 heterocycles. The maximum atomic E-state index is 12.6. The van der Waals surface area contributed by atoms with E-state index in [1.165, 1.54) is 0 Å². The zero-order valence-electron chi connectivity index (χ0n) is 14.6. The first-order chi connectivity index (χ1) is 12.1. The molecule has 1 amide bonds. The molecule has 0 saturated carbocycles. The second-order valence-corrected chi connectivity index (χ2v) is 5.50. The summed E-state index contributed by atoms with van der Waals surface area (Å²) in [6, 6.07) is 10.2. The molecular weight excluding hydrogens is 342 g/mol. The van der Waals surface area contributed by atoms with Crippen molar-refractivity contribution in [3.8, 4) is 17.2 Å². The predicted octanol–water partition coefficient (Wildman–Crippen LogP) is 4.79. The second kappa shape index (κ2) is 9.18. The Labute approximate surface area is 152 Å². The van der Waals surface area contributed by atoms with Crippen LogP contribution < -0.4 is 19.5 Å². The molecule has 5 nitrogen and oxygen atoms in total. The number of hydrogen-bond acceptors (Lipinski definition) is 4. The molecular formula is C19H22ClNO4. The van der Waals surface area contributed by atoms with Gasteiger partial charge < -0.3 is 19.5 Å². The highest BCUT2D eigenvalue weighted by Crippen LogP contribution is 2.39. The number of anilines is 1. The number of carbonyl (C=O) groups excluding carboxylic acids is 1. The molecule has 0 aromatic heterocycles. The molecule has 2 aromatic carbocycles. The smallest absolute Gasteiger partial charge is 0.255 e. The van der Waals surface area contributed by atoms with Gasteiger partial charge in [-0.15, -0.1) is 0 Å². The van der Waals surface area contributed by atoms with Crippen LogP contribution in [0.2, 0.25) is 5.02 Å². The summed E-state index contributed by atoms with van der Waals surface area (Å²) in [5.41, 5.74) is 1.07. The Bertz CT molecular complexity index is 689. The monoisotopic (exact) mass is 363 g/mol. The van der Waals surface area contributed by atoms with E-state index in [0.29, 0.717) is 53.3 Å². The maximum Gasteiger partial charge on any atom is 0.255 e. The van der Waals surface area contributed by atoms with Gasteiger partial charge in [-0.3, -0.25) is 4.79 Å². The van der Waals surface area contributed by atoms with E-state index in [9.17, 15) is 4.79 Å². The molecule has 0 aliphatic carbocycles. The van der Waals surface area contributed by atoms with E-state index in [2.05, 4.69) is 5.32 Å². The van der Waals surface area contributed by atoms with Crippen LogP contribution in [0.15, 0.2) is 36.4 Å². The molecule has 0 radical (unpaired) electrons. The number of halogens is 1. The van der Waals surface area contributed by atoms with E-state index in [4.69, 9.17) is 25.8 Å². The van der Waals surface area contributed by atoms with Crippen molar-refractivity contribution in [2.45, 2.75) is 20.8 Å². The van der Waals surface area contributed by atoms with Crippen LogP contribution in [-0.4, -0.2) is 25.7 Å². The number of ether oxygens (including phenoxy) is 3. The van der Waals surface area contributed by atoms with Gasteiger partial charge in [-0.2, -0.15) is 0 Å². The van der Waals surface area contributed by atoms with Crippen molar-refractivity contribution in [2.75, 3.05) is 25.1 Å². The van der Waals surface area contributed by atoms with Crippen molar-refractivity contribution in [2.24, 2.45) is 0 Å². The van der Waals surface area contributed by atoms with Crippen LogP contribution in [-0.2, 0) is 0 Å². The third-order valence-corrected chi connectivity index (χ3v) is 3.53. The zero-order chi connectivity index (χ0) is 18.2. The molecule has 0 fully saturated rings. The van der Waals surface area contributed by atoms with Crippen molar-refractivity contribution >= 4 is 23.2 Å². The molecule has 2 aromatic rings. The second-order valence-electron chi connectivity index (χ2n) is 5.06. The Kier molecular flexibility index (Phi) is 6.95. The van der Waals surface area contributed by atoms with Gasteiger partial charge in [0.2, 0.25) is 5.75 Å². The predicted molar refractivity (Wildman–Crippen MR) is 99.4 cm³/mol. The molecule has 0 saturated heterocycles. The minimum atomic E-state index is -0.271. The van der Waals surface area contributed by atoms with Gasteiger partial charge in [-0.1, -0.05) is 11.6 Å². The van der Waals surface area contributed by atoms with E-state index in [-0.39, 0.29) is 5.91 Å². The highest BCUT2D eigenvalue weighted by Gasteiger charge is 2.18. The number of nitrogens with one attached hydrogen (secondary N) is 1. The Morgan fingerprint density at radius 3 is 1.92 bits per heavy atom. The van der Waals surface area contributed by atoms with E-state index >= 15 is 0 Å². The summed E-state index contributed by atoms with van der Waals surface area (Å²) >= 11 is 5.86. The summed E-state index contributed by atoms with van der Waals surface area (Å²) in [6.07, 6.45) is 0. The number of hydrogen-bond donors (Lipinski definition) is 1. The SMILES string of the molecule is CCOc1cc(C(=O)Nc2ccc(Cl)cc2)cc(OCC)c1OCC. The Morgan fingerprint density at radius 1 is 0.920 bits per heavy atom. The molecule has 134 valence electrons. The molecule has 0 aliphatic rings. The first kappa shape index (κ1) is 18.9. The summed E-state index contributed by atoms with van der Waals surface area (Å²) in [5.74, 6) is 1.20. The molecule has 1 N–H and O–H groups in total. The van der Waals surface area contributed by atoms with Gasteiger partial charge in [0.1, 0.15) is 0 Å². The maximum absolute atomic E-state index is 12.6. The summed E-state index contributed by atoms with van der Waals surface area (Å²) in [4.78, 5) is 12.6. The van der Waals surface area contributed by atoms with Crippen molar-refractivity contribution in [3.63, 3.8) is 0 Å². The first-order valence-corrected chi connectivity index (χ1v) is 8.60. The summed E-state index contributed by atoms with van der Waals surface area (Å²) < 4.78 is 16.9. The summed E-state index contributed by atoms with van der Waals surface area (Å²) in [5, 5.41) is 3.43. The minimum absolute atomic E-state index is 0.271. The van der Waals surface area contributed by atoms with Crippen molar-refractivity contribution in [3.05, 3.63) is 47.0 Å². The molecule has 0 spiro atoms. The van der Waals surface area contributed by atoms with Gasteiger partial charge in [-0.25, -0.2) is 0 Å². The third kappa shape index (κ3) is 5.03. The lowest BCUT2D eigenvalue weighted by molar-refractivity contribution is 0.102. The quantitative estimate of drug-likeness (QED) is 0.732. The van der Waals surface area contributed by atoms with Gasteiger partial charge in [0.05, 0.1) is 19.8 Å². The fourth-order valence-electron chi connectivity index (χ4n) is 2.26. The number of benzene rings is 2. The molecule has 0 unspecified atom stereocenters. The molecule has 25 heavy (non-hydrogen) atoms. The van der Waals surface area contributed by atoms with E-state index in [1.807, 2.05) is 20.8 Å². The summed E-state index contributed by atoms with van der Waals surface area (Å²) in [6.45, 7) is 7.00. The number of rotatable bonds is 8. The summed E-state index contributed by atoms with van der Waals surface area (Å²) in [7, 11) is 0. The van der Waals surface area contributed by atoms with Crippen molar-refractivity contribution in [1.29, 1.82) is 0 Å². The fraction of sp³-hybridized carbons (Fsp3) is 0.316. The Hall–Kier alpha value is -2.40. The van der Waals surface area contributed by atoms with Crippen molar-refractivity contribution in [1.82, 2.24) is 0 Å². The average Bonchev–Trinajstić information content (AvgIpc) is 2.60. The van der Waals surface area contributed by atoms with Gasteiger partial charge >= 0.3 is 0 Å². The molecule has 6 heteroatoms. The lowest BCUT2D eigenvalue weighted by atomic mass is 10.1. The molecule has 0 atom stereocenters. The van der Waals surface area contributed by atoms with E-state index < -0.39 is 0 Å². The average molecular weight is 364 g/mol. The highest BCUT2D eigenvalue weighted by molar-refractivity contribution is 6.30. The van der Waals surface area contributed by atoms with Crippen LogP contribution in [0.5, 0.6) is 17.2 Å². The lowest BCUT2D eigenvalue weighted by Gasteiger charge is -2.17. The van der Waals surface area contributed by atoms with Gasteiger partial charge in [0.25, 0.3) is 5.91 Å². The minimum Gasteiger partial charge on any atom is -0.490 e. The zero-order valence-corrected chi connectivity index (χ0v) is 15.4. The van der Waals surface area contributed by atoms with Crippen LogP contribution in [0.3, 0.4) is 0 Å². The highest BCUT2D eigenvalue weighted by atomic mass is 35.5. The third-order valence-electron chi connectivity index (χ3n) is 3.27. The standard InChI is InChI=1S/C19H22ClNO4/c1-4-23-16-11-13(12-17(24-5-2)18(16)25-6-3)19(22)21-15-9-7-14(20)8-10-15/h7-12H,4-6H2,1-3H3,(H,21,22). The van der Waals surface area contributed by atoms with Crippen LogP contribution in [0.25, 0.3) is 0 Å². The normalized spacial score (nSPS) is 10.2. The lowest BCUT2D eigenvalue weighted by Crippen LogP contribution is -2.13. The van der Waals surface area contributed by atoms with Crippen LogP contribution in [0.4, 0.5) is 5.69 Å². The molecule has 2 rings (SSSR count). The van der Waals surface area contributed by atoms with Gasteiger partial charge in [-0.05, 0) is 57.2 Å². The van der Waals surface area contributed by atoms with E-state index in [1.54, 1.807) is 36.4 Å². The number of carbonyl (C=O) groups is 1.